The van der Waals surface area contributed by atoms with Crippen molar-refractivity contribution in [1.82, 2.24) is 14.4 Å². The molecule has 2 heterocycles. The molecule has 0 spiro atoms. The number of hydrogen-bond donors (Lipinski definition) is 0. The summed E-state index contributed by atoms with van der Waals surface area (Å²) in [4.78, 5) is 28.2. The Kier molecular flexibility index (Phi) is 6.40. The van der Waals surface area contributed by atoms with Gasteiger partial charge >= 0.3 is 0 Å². The average Bonchev–Trinajstić information content (AvgIpc) is 3.27. The lowest BCUT2D eigenvalue weighted by atomic mass is 9.96. The lowest BCUT2D eigenvalue weighted by Gasteiger charge is -2.40. The Morgan fingerprint density at radius 2 is 1.43 bits per heavy atom. The van der Waals surface area contributed by atoms with Crippen LogP contribution >= 0.6 is 0 Å². The van der Waals surface area contributed by atoms with E-state index in [2.05, 4.69) is 53.4 Å². The maximum absolute atomic E-state index is 12.7. The van der Waals surface area contributed by atoms with E-state index >= 15 is 0 Å². The average molecular weight is 402 g/mol. The van der Waals surface area contributed by atoms with E-state index < -0.39 is 0 Å². The molecule has 0 aliphatic carbocycles. The van der Waals surface area contributed by atoms with Crippen molar-refractivity contribution in [2.75, 3.05) is 26.2 Å². The predicted molar refractivity (Wildman–Crippen MR) is 117 cm³/mol. The first kappa shape index (κ1) is 20.1. The minimum Gasteiger partial charge on any atom is -0.345 e. The van der Waals surface area contributed by atoms with Crippen molar-refractivity contribution >= 4 is 12.2 Å². The van der Waals surface area contributed by atoms with E-state index in [1.54, 1.807) is 6.07 Å². The molecule has 1 amide bonds. The van der Waals surface area contributed by atoms with E-state index in [4.69, 9.17) is 0 Å². The Morgan fingerprint density at radius 1 is 0.833 bits per heavy atom. The number of benzene rings is 2. The fraction of sp³-hybridized carbons (Fsp3) is 0.280. The van der Waals surface area contributed by atoms with Gasteiger partial charge in [-0.25, -0.2) is 0 Å². The van der Waals surface area contributed by atoms with Gasteiger partial charge in [-0.05, 0) is 23.3 Å². The van der Waals surface area contributed by atoms with Crippen molar-refractivity contribution in [2.24, 2.45) is 0 Å². The molecule has 1 aliphatic heterocycles. The number of aldehydes is 1. The minimum absolute atomic E-state index is 0.149. The summed E-state index contributed by atoms with van der Waals surface area (Å²) in [6.07, 6.45) is 3.09. The van der Waals surface area contributed by atoms with Gasteiger partial charge < -0.3 is 9.47 Å². The molecule has 5 heteroatoms. The highest BCUT2D eigenvalue weighted by atomic mass is 16.2. The Labute approximate surface area is 177 Å². The van der Waals surface area contributed by atoms with Crippen LogP contribution in [0.5, 0.6) is 0 Å². The number of nitrogens with zero attached hydrogens (tertiary/aromatic N) is 3. The van der Waals surface area contributed by atoms with E-state index in [1.165, 1.54) is 11.1 Å². The van der Waals surface area contributed by atoms with Crippen LogP contribution in [0.2, 0.25) is 0 Å². The van der Waals surface area contributed by atoms with E-state index in [0.29, 0.717) is 18.7 Å². The van der Waals surface area contributed by atoms with Gasteiger partial charge in [-0.2, -0.15) is 0 Å². The van der Waals surface area contributed by atoms with Crippen molar-refractivity contribution in [2.45, 2.75) is 19.0 Å². The van der Waals surface area contributed by atoms with Crippen LogP contribution in [0.15, 0.2) is 79.0 Å². The standard InChI is InChI=1S/C25H27N3O2/c29-20-23-12-7-14-26(23)15-13-24(30)27-16-18-28(19-17-27)25(21-8-3-1-4-9-21)22-10-5-2-6-11-22/h1-12,14,20,25H,13,15-19H2. The van der Waals surface area contributed by atoms with E-state index in [9.17, 15) is 9.59 Å². The molecule has 1 fully saturated rings. The van der Waals surface area contributed by atoms with Crippen LogP contribution in [0.3, 0.4) is 0 Å². The number of piperazine rings is 1. The van der Waals surface area contributed by atoms with Crippen molar-refractivity contribution in [3.8, 4) is 0 Å². The van der Waals surface area contributed by atoms with Crippen LogP contribution in [0.1, 0.15) is 34.1 Å². The predicted octanol–water partition coefficient (Wildman–Crippen LogP) is 3.62. The largest absolute Gasteiger partial charge is 0.345 e. The third kappa shape index (κ3) is 4.52. The Balaban J connectivity index is 1.39. The maximum atomic E-state index is 12.7. The van der Waals surface area contributed by atoms with Gasteiger partial charge in [-0.15, -0.1) is 0 Å². The lowest BCUT2D eigenvalue weighted by Crippen LogP contribution is -2.50. The van der Waals surface area contributed by atoms with E-state index in [0.717, 1.165) is 32.5 Å². The second-order valence-electron chi connectivity index (χ2n) is 7.63. The van der Waals surface area contributed by atoms with Crippen molar-refractivity contribution in [3.63, 3.8) is 0 Å². The van der Waals surface area contributed by atoms with Gasteiger partial charge in [0.05, 0.1) is 11.7 Å². The van der Waals surface area contributed by atoms with Crippen molar-refractivity contribution < 1.29 is 9.59 Å². The number of carbonyl (C=O) groups excluding carboxylic acids is 2. The molecule has 2 aromatic carbocycles. The summed E-state index contributed by atoms with van der Waals surface area (Å²) in [5.74, 6) is 0.149. The second-order valence-corrected chi connectivity index (χ2v) is 7.63. The molecule has 5 nitrogen and oxygen atoms in total. The SMILES string of the molecule is O=Cc1cccn1CCC(=O)N1CCN(C(c2ccccc2)c2ccccc2)CC1. The molecule has 0 bridgehead atoms. The first-order valence-corrected chi connectivity index (χ1v) is 10.5. The molecule has 0 N–H and O–H groups in total. The van der Waals surface area contributed by atoms with Gasteiger partial charge in [0.2, 0.25) is 5.91 Å². The third-order valence-electron chi connectivity index (χ3n) is 5.81. The summed E-state index contributed by atoms with van der Waals surface area (Å²) < 4.78 is 1.84. The number of rotatable bonds is 7. The molecule has 30 heavy (non-hydrogen) atoms. The number of aryl methyl sites for hydroxylation is 1. The summed E-state index contributed by atoms with van der Waals surface area (Å²) in [5.41, 5.74) is 3.16. The van der Waals surface area contributed by atoms with Crippen LogP contribution in [-0.2, 0) is 11.3 Å². The van der Waals surface area contributed by atoms with Crippen LogP contribution in [0.25, 0.3) is 0 Å². The Morgan fingerprint density at radius 3 is 2.00 bits per heavy atom. The van der Waals surface area contributed by atoms with Crippen LogP contribution in [0, 0.1) is 0 Å². The summed E-state index contributed by atoms with van der Waals surface area (Å²) in [7, 11) is 0. The lowest BCUT2D eigenvalue weighted by molar-refractivity contribution is -0.133. The Bertz CT molecular complexity index is 921. The van der Waals surface area contributed by atoms with Gasteiger partial charge in [-0.1, -0.05) is 60.7 Å². The Hall–Kier alpha value is -3.18. The minimum atomic E-state index is 0.149. The highest BCUT2D eigenvalue weighted by Crippen LogP contribution is 2.29. The first-order valence-electron chi connectivity index (χ1n) is 10.5. The molecular weight excluding hydrogens is 374 g/mol. The van der Waals surface area contributed by atoms with Crippen molar-refractivity contribution in [3.05, 3.63) is 95.8 Å². The molecule has 0 atom stereocenters. The normalized spacial score (nSPS) is 14.8. The zero-order valence-corrected chi connectivity index (χ0v) is 17.1. The molecule has 1 aromatic heterocycles. The molecule has 154 valence electrons. The summed E-state index contributed by atoms with van der Waals surface area (Å²) in [6, 6.07) is 24.9. The number of hydrogen-bond acceptors (Lipinski definition) is 3. The molecule has 1 aliphatic rings. The fourth-order valence-corrected chi connectivity index (χ4v) is 4.23. The molecular formula is C25H27N3O2. The van der Waals surface area contributed by atoms with Crippen LogP contribution in [0.4, 0.5) is 0 Å². The van der Waals surface area contributed by atoms with Gasteiger partial charge in [0.15, 0.2) is 6.29 Å². The van der Waals surface area contributed by atoms with Crippen LogP contribution < -0.4 is 0 Å². The summed E-state index contributed by atoms with van der Waals surface area (Å²) >= 11 is 0. The fourth-order valence-electron chi connectivity index (χ4n) is 4.23. The number of aromatic nitrogens is 1. The summed E-state index contributed by atoms with van der Waals surface area (Å²) in [6.45, 7) is 3.66. The highest BCUT2D eigenvalue weighted by molar-refractivity contribution is 5.76. The second kappa shape index (κ2) is 9.55. The van der Waals surface area contributed by atoms with Gasteiger partial charge in [0.1, 0.15) is 0 Å². The smallest absolute Gasteiger partial charge is 0.224 e. The summed E-state index contributed by atoms with van der Waals surface area (Å²) in [5, 5.41) is 0. The zero-order valence-electron chi connectivity index (χ0n) is 17.1. The number of amides is 1. The third-order valence-corrected chi connectivity index (χ3v) is 5.81. The molecule has 3 aromatic rings. The van der Waals surface area contributed by atoms with E-state index in [1.807, 2.05) is 33.9 Å². The molecule has 0 saturated carbocycles. The maximum Gasteiger partial charge on any atom is 0.224 e. The van der Waals surface area contributed by atoms with Gasteiger partial charge in [-0.3, -0.25) is 14.5 Å². The molecule has 1 saturated heterocycles. The molecule has 0 unspecified atom stereocenters. The monoisotopic (exact) mass is 401 g/mol. The molecule has 0 radical (unpaired) electrons. The zero-order chi connectivity index (χ0) is 20.8. The molecule has 4 rings (SSSR count). The van der Waals surface area contributed by atoms with E-state index in [-0.39, 0.29) is 11.9 Å². The first-order chi connectivity index (χ1) is 14.8. The van der Waals surface area contributed by atoms with Gasteiger partial charge in [0, 0.05) is 45.3 Å². The topological polar surface area (TPSA) is 45.6 Å². The van der Waals surface area contributed by atoms with Crippen LogP contribution in [-0.4, -0.2) is 52.7 Å². The highest BCUT2D eigenvalue weighted by Gasteiger charge is 2.27. The van der Waals surface area contributed by atoms with Gasteiger partial charge in [0.25, 0.3) is 0 Å². The quantitative estimate of drug-likeness (QED) is 0.568. The van der Waals surface area contributed by atoms with Crippen molar-refractivity contribution in [1.29, 1.82) is 0 Å². The number of carbonyl (C=O) groups is 2.